The van der Waals surface area contributed by atoms with E-state index >= 15 is 0 Å². The van der Waals surface area contributed by atoms with E-state index in [0.29, 0.717) is 5.92 Å². The molecule has 2 aromatic rings. The Morgan fingerprint density at radius 3 is 3.04 bits per heavy atom. The number of benzene rings is 1. The average Bonchev–Trinajstić information content (AvgIpc) is 3.25. The fraction of sp³-hybridized carbons (Fsp3) is 0.526. The van der Waals surface area contributed by atoms with E-state index < -0.39 is 0 Å². The Bertz CT molecular complexity index is 845. The molecule has 1 aromatic carbocycles. The molecule has 4 rings (SSSR count). The molecule has 0 aliphatic carbocycles. The van der Waals surface area contributed by atoms with Crippen LogP contribution in [0.1, 0.15) is 42.5 Å². The van der Waals surface area contributed by atoms with Gasteiger partial charge in [-0.2, -0.15) is 5.10 Å². The molecule has 3 heterocycles. The molecule has 0 amide bonds. The first-order chi connectivity index (χ1) is 12.6. The summed E-state index contributed by atoms with van der Waals surface area (Å²) in [6, 6.07) is 4.98. The number of nitro benzene ring substituents is 1. The lowest BCUT2D eigenvalue weighted by atomic mass is 9.92. The number of likely N-dealkylation sites (N-methyl/N-ethyl adjacent to an activating group) is 1. The number of nitro groups is 1. The highest BCUT2D eigenvalue weighted by molar-refractivity contribution is 5.60. The van der Waals surface area contributed by atoms with E-state index in [9.17, 15) is 10.1 Å². The Kier molecular flexibility index (Phi) is 4.40. The molecule has 138 valence electrons. The molecule has 1 N–H and O–H groups in total. The predicted octanol–water partition coefficient (Wildman–Crippen LogP) is 3.26. The molecule has 0 saturated carbocycles. The summed E-state index contributed by atoms with van der Waals surface area (Å²) in [6.07, 6.45) is 3.33. The minimum atomic E-state index is -0.346. The highest BCUT2D eigenvalue weighted by atomic mass is 16.6. The largest absolute Gasteiger partial charge is 0.369 e. The van der Waals surface area contributed by atoms with Crippen LogP contribution in [-0.4, -0.2) is 45.8 Å². The summed E-state index contributed by atoms with van der Waals surface area (Å²) in [7, 11) is 0. The molecule has 0 bridgehead atoms. The minimum Gasteiger partial charge on any atom is -0.369 e. The van der Waals surface area contributed by atoms with Gasteiger partial charge in [-0.1, -0.05) is 13.0 Å². The van der Waals surface area contributed by atoms with Crippen molar-refractivity contribution in [2.24, 2.45) is 0 Å². The molecule has 1 atom stereocenters. The van der Waals surface area contributed by atoms with Gasteiger partial charge in [0.25, 0.3) is 5.69 Å². The van der Waals surface area contributed by atoms with E-state index in [2.05, 4.69) is 17.1 Å². The standard InChI is InChI=1S/C19H25N5O2/c1-3-22-10-4-5-14(12-22)18-16-8-9-20-19(16)23(21-18)17-11-15(24(25)26)7-6-13(17)2/h6-7,11,14,20H,3-5,8-10,12H2,1-2H3. The molecule has 26 heavy (non-hydrogen) atoms. The van der Waals surface area contributed by atoms with Crippen LogP contribution in [-0.2, 0) is 6.42 Å². The van der Waals surface area contributed by atoms with Crippen LogP contribution in [0, 0.1) is 17.0 Å². The molecule has 0 radical (unpaired) electrons. The maximum atomic E-state index is 11.2. The SMILES string of the molecule is CCN1CCCC(c2nn(-c3cc([N+](=O)[O-])ccc3C)c3c2CCN3)C1. The fourth-order valence-electron chi connectivity index (χ4n) is 4.21. The zero-order chi connectivity index (χ0) is 18.3. The molecule has 7 nitrogen and oxygen atoms in total. The van der Waals surface area contributed by atoms with Crippen LogP contribution in [0.2, 0.25) is 0 Å². The van der Waals surface area contributed by atoms with Gasteiger partial charge in [0, 0.05) is 36.7 Å². The van der Waals surface area contributed by atoms with Crippen molar-refractivity contribution in [1.29, 1.82) is 0 Å². The quantitative estimate of drug-likeness (QED) is 0.673. The van der Waals surface area contributed by atoms with Crippen LogP contribution in [0.5, 0.6) is 0 Å². The van der Waals surface area contributed by atoms with E-state index in [1.807, 2.05) is 11.6 Å². The maximum absolute atomic E-state index is 11.2. The first-order valence-electron chi connectivity index (χ1n) is 9.42. The number of piperidine rings is 1. The lowest BCUT2D eigenvalue weighted by molar-refractivity contribution is -0.384. The van der Waals surface area contributed by atoms with Gasteiger partial charge in [-0.25, -0.2) is 4.68 Å². The Hall–Kier alpha value is -2.41. The van der Waals surface area contributed by atoms with Gasteiger partial charge in [-0.15, -0.1) is 0 Å². The van der Waals surface area contributed by atoms with Gasteiger partial charge in [-0.05, 0) is 44.8 Å². The van der Waals surface area contributed by atoms with E-state index in [-0.39, 0.29) is 10.6 Å². The highest BCUT2D eigenvalue weighted by Gasteiger charge is 2.31. The first-order valence-corrected chi connectivity index (χ1v) is 9.42. The number of rotatable bonds is 4. The Labute approximate surface area is 153 Å². The molecule has 1 fully saturated rings. The van der Waals surface area contributed by atoms with Crippen LogP contribution in [0.3, 0.4) is 0 Å². The summed E-state index contributed by atoms with van der Waals surface area (Å²) in [5, 5.41) is 19.6. The van der Waals surface area contributed by atoms with Gasteiger partial charge < -0.3 is 10.2 Å². The predicted molar refractivity (Wildman–Crippen MR) is 101 cm³/mol. The van der Waals surface area contributed by atoms with E-state index in [0.717, 1.165) is 56.1 Å². The summed E-state index contributed by atoms with van der Waals surface area (Å²) in [6.45, 7) is 8.37. The van der Waals surface area contributed by atoms with Gasteiger partial charge in [0.2, 0.25) is 0 Å². The number of aryl methyl sites for hydroxylation is 1. The van der Waals surface area contributed by atoms with E-state index in [1.165, 1.54) is 17.7 Å². The zero-order valence-corrected chi connectivity index (χ0v) is 15.4. The molecule has 1 saturated heterocycles. The normalized spacial score (nSPS) is 20.0. The molecule has 2 aliphatic rings. The molecule has 7 heteroatoms. The number of hydrogen-bond acceptors (Lipinski definition) is 5. The summed E-state index contributed by atoms with van der Waals surface area (Å²) in [4.78, 5) is 13.3. The first kappa shape index (κ1) is 17.0. The second-order valence-electron chi connectivity index (χ2n) is 7.26. The van der Waals surface area contributed by atoms with Crippen molar-refractivity contribution >= 4 is 11.5 Å². The summed E-state index contributed by atoms with van der Waals surface area (Å²) >= 11 is 0. The summed E-state index contributed by atoms with van der Waals surface area (Å²) < 4.78 is 1.89. The summed E-state index contributed by atoms with van der Waals surface area (Å²) in [5.41, 5.74) is 4.34. The van der Waals surface area contributed by atoms with Crippen molar-refractivity contribution in [1.82, 2.24) is 14.7 Å². The number of non-ortho nitro benzene ring substituents is 1. The van der Waals surface area contributed by atoms with E-state index in [1.54, 1.807) is 18.2 Å². The lowest BCUT2D eigenvalue weighted by Crippen LogP contribution is -2.34. The van der Waals surface area contributed by atoms with Gasteiger partial charge in [-0.3, -0.25) is 10.1 Å². The second kappa shape index (κ2) is 6.72. The lowest BCUT2D eigenvalue weighted by Gasteiger charge is -2.31. The van der Waals surface area contributed by atoms with Crippen LogP contribution in [0.4, 0.5) is 11.5 Å². The molecule has 0 spiro atoms. The van der Waals surface area contributed by atoms with E-state index in [4.69, 9.17) is 5.10 Å². The van der Waals surface area contributed by atoms with Crippen LogP contribution < -0.4 is 5.32 Å². The van der Waals surface area contributed by atoms with Gasteiger partial charge in [0.05, 0.1) is 16.3 Å². The van der Waals surface area contributed by atoms with Crippen molar-refractivity contribution in [3.63, 3.8) is 0 Å². The fourth-order valence-corrected chi connectivity index (χ4v) is 4.21. The van der Waals surface area contributed by atoms with Gasteiger partial charge >= 0.3 is 0 Å². The number of anilines is 1. The maximum Gasteiger partial charge on any atom is 0.271 e. The van der Waals surface area contributed by atoms with Gasteiger partial charge in [0.1, 0.15) is 5.82 Å². The number of aromatic nitrogens is 2. The van der Waals surface area contributed by atoms with Crippen LogP contribution in [0.25, 0.3) is 5.69 Å². The van der Waals surface area contributed by atoms with Gasteiger partial charge in [0.15, 0.2) is 0 Å². The Morgan fingerprint density at radius 2 is 2.27 bits per heavy atom. The number of likely N-dealkylation sites (tertiary alicyclic amines) is 1. The van der Waals surface area contributed by atoms with Crippen molar-refractivity contribution in [2.75, 3.05) is 31.5 Å². The molecular weight excluding hydrogens is 330 g/mol. The topological polar surface area (TPSA) is 76.2 Å². The smallest absolute Gasteiger partial charge is 0.271 e. The second-order valence-corrected chi connectivity index (χ2v) is 7.26. The molecule has 2 aliphatic heterocycles. The zero-order valence-electron chi connectivity index (χ0n) is 15.4. The molecular formula is C19H25N5O2. The number of nitrogens with zero attached hydrogens (tertiary/aromatic N) is 4. The Morgan fingerprint density at radius 1 is 1.42 bits per heavy atom. The van der Waals surface area contributed by atoms with Crippen molar-refractivity contribution in [2.45, 2.75) is 39.0 Å². The molecule has 1 aromatic heterocycles. The number of fused-ring (bicyclic) bond motifs is 1. The third-order valence-corrected chi connectivity index (χ3v) is 5.65. The molecule has 1 unspecified atom stereocenters. The highest BCUT2D eigenvalue weighted by Crippen LogP contribution is 2.37. The minimum absolute atomic E-state index is 0.101. The average molecular weight is 355 g/mol. The number of hydrogen-bond donors (Lipinski definition) is 1. The van der Waals surface area contributed by atoms with Crippen molar-refractivity contribution < 1.29 is 4.92 Å². The van der Waals surface area contributed by atoms with Crippen molar-refractivity contribution in [3.05, 3.63) is 45.1 Å². The third kappa shape index (κ3) is 2.86. The summed E-state index contributed by atoms with van der Waals surface area (Å²) in [5.74, 6) is 1.45. The van der Waals surface area contributed by atoms with Crippen molar-refractivity contribution in [3.8, 4) is 5.69 Å². The third-order valence-electron chi connectivity index (χ3n) is 5.65. The number of nitrogens with one attached hydrogen (secondary N) is 1. The van der Waals surface area contributed by atoms with Crippen LogP contribution in [0.15, 0.2) is 18.2 Å². The Balaban J connectivity index is 1.77. The van der Waals surface area contributed by atoms with Crippen LogP contribution >= 0.6 is 0 Å². The monoisotopic (exact) mass is 355 g/mol.